The van der Waals surface area contributed by atoms with E-state index >= 15 is 0 Å². The van der Waals surface area contributed by atoms with Crippen LogP contribution in [0.25, 0.3) is 0 Å². The lowest BCUT2D eigenvalue weighted by Gasteiger charge is -2.78. The van der Waals surface area contributed by atoms with Crippen LogP contribution in [0.3, 0.4) is 0 Å². The van der Waals surface area contributed by atoms with Crippen molar-refractivity contribution in [3.8, 4) is 17.2 Å². The molecule has 4 bridgehead atoms. The minimum absolute atomic E-state index is 0.0504. The minimum Gasteiger partial charge on any atom is -0.479 e. The molecule has 7 aliphatic rings. The molecule has 384 valence electrons. The molecule has 2 aliphatic heterocycles. The Labute approximate surface area is 414 Å². The molecule has 14 nitrogen and oxygen atoms in total. The molecule has 1 N–H and O–H groups in total. The van der Waals surface area contributed by atoms with Gasteiger partial charge in [0.1, 0.15) is 30.2 Å². The topological polar surface area (TPSA) is 173 Å². The third-order valence-corrected chi connectivity index (χ3v) is 17.9. The quantitative estimate of drug-likeness (QED) is 0.0858. The lowest BCUT2D eigenvalue weighted by Crippen LogP contribution is -2.87. The van der Waals surface area contributed by atoms with Gasteiger partial charge < -0.3 is 38.3 Å². The van der Waals surface area contributed by atoms with Crippen LogP contribution in [0.15, 0.2) is 24.3 Å². The molecule has 4 saturated carbocycles. The van der Waals surface area contributed by atoms with Gasteiger partial charge in [-0.1, -0.05) is 53.7 Å². The summed E-state index contributed by atoms with van der Waals surface area (Å²) < 4.78 is 42.4. The molecule has 2 unspecified atom stereocenters. The molecular weight excluding hydrogens is 895 g/mol. The standard InChI is InChI=1S/C56H77NO13/c1-32-22-34(3)47(41(23-32)69-45(61)25-33(2)24-44(60)67-39(30-65-35(4)58)31-66-36(5)59)51(9,10)28-46(62)68-40-17-16-38-26-43-54-18-19-56(64-13,42(27-54)52(11,63)50(6,7)8)53(12)55(54,48(38)49(40)70-53)20-21-57(43)29-37-14-15-37/h16-17,22-23,33,37,39,42-43,63H,14-15,18-21,24-31H2,1-13H3/t33?,42-,43?,52+,53+,54-,55+,56+/m1/s1. The zero-order chi connectivity index (χ0) is 51.1. The molecule has 9 rings (SSSR count). The lowest BCUT2D eigenvalue weighted by molar-refractivity contribution is -0.345. The summed E-state index contributed by atoms with van der Waals surface area (Å²) in [5.74, 6) is -1.52. The molecular formula is C56H77NO13. The van der Waals surface area contributed by atoms with E-state index in [0.717, 1.165) is 67.8 Å². The molecule has 2 aromatic rings. The number of hydrogen-bond acceptors (Lipinski definition) is 14. The highest BCUT2D eigenvalue weighted by atomic mass is 16.6. The summed E-state index contributed by atoms with van der Waals surface area (Å²) >= 11 is 0. The van der Waals surface area contributed by atoms with Gasteiger partial charge in [-0.05, 0) is 125 Å². The maximum absolute atomic E-state index is 14.5. The number of ether oxygens (including phenoxy) is 7. The summed E-state index contributed by atoms with van der Waals surface area (Å²) in [5.41, 5.74) is 0.0496. The average molecular weight is 972 g/mol. The van der Waals surface area contributed by atoms with E-state index in [9.17, 15) is 29.1 Å². The van der Waals surface area contributed by atoms with Crippen LogP contribution in [0.2, 0.25) is 0 Å². The number of aliphatic hydroxyl groups is 1. The Kier molecular flexibility index (Phi) is 13.5. The molecule has 2 spiro atoms. The summed E-state index contributed by atoms with van der Waals surface area (Å²) in [6, 6.07) is 8.11. The fourth-order valence-corrected chi connectivity index (χ4v) is 14.4. The van der Waals surface area contributed by atoms with Crippen molar-refractivity contribution in [3.63, 3.8) is 0 Å². The predicted molar refractivity (Wildman–Crippen MR) is 260 cm³/mol. The van der Waals surface area contributed by atoms with Gasteiger partial charge in [-0.25, -0.2) is 0 Å². The Balaban J connectivity index is 1.03. The first kappa shape index (κ1) is 51.8. The number of nitrogens with zero attached hydrogens (tertiary/aromatic N) is 1. The fourth-order valence-electron chi connectivity index (χ4n) is 14.4. The number of esters is 5. The van der Waals surface area contributed by atoms with Crippen LogP contribution in [0.4, 0.5) is 0 Å². The van der Waals surface area contributed by atoms with E-state index in [1.165, 1.54) is 32.3 Å². The van der Waals surface area contributed by atoms with Crippen molar-refractivity contribution in [2.24, 2.45) is 28.6 Å². The molecule has 0 radical (unpaired) electrons. The first-order valence-electron chi connectivity index (χ1n) is 25.5. The minimum atomic E-state index is -1.09. The third-order valence-electron chi connectivity index (χ3n) is 17.9. The van der Waals surface area contributed by atoms with Crippen LogP contribution in [-0.4, -0.2) is 102 Å². The summed E-state index contributed by atoms with van der Waals surface area (Å²) in [4.78, 5) is 66.5. The summed E-state index contributed by atoms with van der Waals surface area (Å²) in [5, 5.41) is 12.8. The van der Waals surface area contributed by atoms with Gasteiger partial charge in [-0.3, -0.25) is 28.9 Å². The number of aryl methyl sites for hydroxylation is 2. The normalized spacial score (nSPS) is 28.8. The predicted octanol–water partition coefficient (Wildman–Crippen LogP) is 8.35. The molecule has 5 aliphatic carbocycles. The van der Waals surface area contributed by atoms with E-state index in [2.05, 4.69) is 38.7 Å². The number of rotatable bonds is 18. The van der Waals surface area contributed by atoms with Gasteiger partial charge in [0.2, 0.25) is 0 Å². The summed E-state index contributed by atoms with van der Waals surface area (Å²) in [7, 11) is 1.79. The van der Waals surface area contributed by atoms with Crippen molar-refractivity contribution in [2.45, 2.75) is 187 Å². The Morgan fingerprint density at radius 3 is 2.13 bits per heavy atom. The van der Waals surface area contributed by atoms with Gasteiger partial charge in [0.25, 0.3) is 0 Å². The molecule has 5 fully saturated rings. The second-order valence-corrected chi connectivity index (χ2v) is 24.0. The fraction of sp³-hybridized carbons (Fsp3) is 0.696. The number of piperidine rings is 1. The first-order valence-corrected chi connectivity index (χ1v) is 25.5. The van der Waals surface area contributed by atoms with Crippen LogP contribution in [0, 0.1) is 42.4 Å². The maximum atomic E-state index is 14.5. The first-order chi connectivity index (χ1) is 32.6. The second-order valence-electron chi connectivity index (χ2n) is 24.0. The summed E-state index contributed by atoms with van der Waals surface area (Å²) in [6.45, 7) is 23.9. The molecule has 8 atom stereocenters. The average Bonchev–Trinajstić information content (AvgIpc) is 4.01. The molecule has 2 aromatic carbocycles. The molecule has 14 heteroatoms. The van der Waals surface area contributed by atoms with Crippen molar-refractivity contribution in [2.75, 3.05) is 33.4 Å². The van der Waals surface area contributed by atoms with Crippen LogP contribution < -0.4 is 14.2 Å². The number of carbonyl (C=O) groups excluding carboxylic acids is 5. The largest absolute Gasteiger partial charge is 0.479 e. The van der Waals surface area contributed by atoms with E-state index < -0.39 is 74.9 Å². The number of methoxy groups -OCH3 is 1. The van der Waals surface area contributed by atoms with Crippen LogP contribution >= 0.6 is 0 Å². The highest BCUT2D eigenvalue weighted by Crippen LogP contribution is 2.81. The van der Waals surface area contributed by atoms with E-state index in [1.807, 2.05) is 46.8 Å². The molecule has 1 saturated heterocycles. The highest BCUT2D eigenvalue weighted by Gasteiger charge is 2.87. The number of benzene rings is 2. The third kappa shape index (κ3) is 8.52. The Bertz CT molecular complexity index is 2410. The van der Waals surface area contributed by atoms with E-state index in [-0.39, 0.29) is 49.9 Å². The number of likely N-dealkylation sites (tertiary alicyclic amines) is 1. The van der Waals surface area contributed by atoms with Gasteiger partial charge in [0, 0.05) is 74.3 Å². The van der Waals surface area contributed by atoms with Crippen molar-refractivity contribution < 1.29 is 62.2 Å². The van der Waals surface area contributed by atoms with Crippen molar-refractivity contribution in [1.29, 1.82) is 0 Å². The van der Waals surface area contributed by atoms with Gasteiger partial charge in [0.05, 0.1) is 17.4 Å². The summed E-state index contributed by atoms with van der Waals surface area (Å²) in [6.07, 6.45) is 5.53. The maximum Gasteiger partial charge on any atom is 0.312 e. The Morgan fingerprint density at radius 2 is 1.51 bits per heavy atom. The van der Waals surface area contributed by atoms with Crippen molar-refractivity contribution >= 4 is 29.8 Å². The van der Waals surface area contributed by atoms with Gasteiger partial charge in [-0.15, -0.1) is 0 Å². The van der Waals surface area contributed by atoms with Crippen molar-refractivity contribution in [3.05, 3.63) is 52.1 Å². The van der Waals surface area contributed by atoms with Gasteiger partial charge in [0.15, 0.2) is 17.6 Å². The van der Waals surface area contributed by atoms with Gasteiger partial charge in [-0.2, -0.15) is 0 Å². The number of carbonyl (C=O) groups is 5. The zero-order valence-electron chi connectivity index (χ0n) is 43.9. The van der Waals surface area contributed by atoms with E-state index in [0.29, 0.717) is 22.8 Å². The van der Waals surface area contributed by atoms with Crippen LogP contribution in [0.1, 0.15) is 155 Å². The van der Waals surface area contributed by atoms with Gasteiger partial charge >= 0.3 is 29.8 Å². The van der Waals surface area contributed by atoms with E-state index in [4.69, 9.17) is 33.2 Å². The second kappa shape index (κ2) is 18.2. The monoisotopic (exact) mass is 972 g/mol. The Morgan fingerprint density at radius 1 is 0.871 bits per heavy atom. The smallest absolute Gasteiger partial charge is 0.312 e. The number of fused-ring (bicyclic) bond motifs is 2. The lowest BCUT2D eigenvalue weighted by atomic mass is 9.30. The van der Waals surface area contributed by atoms with Crippen LogP contribution in [-0.2, 0) is 60.2 Å². The molecule has 0 amide bonds. The zero-order valence-corrected chi connectivity index (χ0v) is 43.9. The highest BCUT2D eigenvalue weighted by molar-refractivity contribution is 5.79. The van der Waals surface area contributed by atoms with E-state index in [1.54, 1.807) is 20.1 Å². The number of hydrogen-bond donors (Lipinski definition) is 1. The molecule has 2 heterocycles. The van der Waals surface area contributed by atoms with Crippen LogP contribution in [0.5, 0.6) is 17.2 Å². The Hall–Kier alpha value is -4.53. The molecule has 70 heavy (non-hydrogen) atoms. The molecule has 0 aromatic heterocycles. The van der Waals surface area contributed by atoms with Crippen molar-refractivity contribution in [1.82, 2.24) is 4.90 Å². The SMILES string of the molecule is CO[C@@]12CC[C@@]3(C[C@@H]1[C@](C)(O)C(C)(C)C)C1Cc4ccc(OC(=O)CC(C)(C)c5c(C)cc(C)cc5OC(=O)CC(C)CC(=O)OC(COC(C)=O)COC(C)=O)c5c4[C@@]3(CCN1CC1CC1)[C@]2(C)O5.